The van der Waals surface area contributed by atoms with Crippen LogP contribution in [0.25, 0.3) is 0 Å². The molecule has 0 aliphatic carbocycles. The van der Waals surface area contributed by atoms with E-state index in [1.54, 1.807) is 7.11 Å². The van der Waals surface area contributed by atoms with E-state index >= 15 is 0 Å². The average Bonchev–Trinajstić information content (AvgIpc) is 2.04. The van der Waals surface area contributed by atoms with Crippen LogP contribution in [0.15, 0.2) is 0 Å². The van der Waals surface area contributed by atoms with Gasteiger partial charge in [-0.15, -0.1) is 0 Å². The summed E-state index contributed by atoms with van der Waals surface area (Å²) in [6.07, 6.45) is 2.06. The standard InChI is InChI=1S/C10H22O2/c1-5-6-8(2)9(3)10(11)7-12-4/h8-11H,5-7H2,1-4H3. The van der Waals surface area contributed by atoms with Crippen LogP contribution in [0.2, 0.25) is 0 Å². The van der Waals surface area contributed by atoms with E-state index in [1.807, 2.05) is 0 Å². The summed E-state index contributed by atoms with van der Waals surface area (Å²) in [4.78, 5) is 0. The molecule has 0 aromatic heterocycles. The third kappa shape index (κ3) is 4.07. The Balaban J connectivity index is 3.73. The first-order chi connectivity index (χ1) is 5.63. The predicted octanol–water partition coefficient (Wildman–Crippen LogP) is 2.07. The van der Waals surface area contributed by atoms with Crippen molar-refractivity contribution < 1.29 is 9.84 Å². The minimum absolute atomic E-state index is 0.309. The summed E-state index contributed by atoms with van der Waals surface area (Å²) in [5, 5.41) is 9.59. The van der Waals surface area contributed by atoms with Crippen molar-refractivity contribution in [1.82, 2.24) is 0 Å². The number of methoxy groups -OCH3 is 1. The SMILES string of the molecule is CCCC(C)C(C)C(O)COC. The number of aliphatic hydroxyl groups excluding tert-OH is 1. The number of aliphatic hydroxyl groups is 1. The van der Waals surface area contributed by atoms with Crippen LogP contribution in [0.1, 0.15) is 33.6 Å². The maximum Gasteiger partial charge on any atom is 0.0801 e. The fourth-order valence-corrected chi connectivity index (χ4v) is 1.42. The van der Waals surface area contributed by atoms with Gasteiger partial charge in [0.15, 0.2) is 0 Å². The lowest BCUT2D eigenvalue weighted by atomic mass is 9.88. The first kappa shape index (κ1) is 11.9. The topological polar surface area (TPSA) is 29.5 Å². The molecule has 0 aliphatic rings. The molecule has 12 heavy (non-hydrogen) atoms. The maximum absolute atomic E-state index is 9.59. The Morgan fingerprint density at radius 1 is 1.33 bits per heavy atom. The number of hydrogen-bond acceptors (Lipinski definition) is 2. The van der Waals surface area contributed by atoms with Crippen molar-refractivity contribution in [3.8, 4) is 0 Å². The van der Waals surface area contributed by atoms with Gasteiger partial charge in [-0.2, -0.15) is 0 Å². The highest BCUT2D eigenvalue weighted by Crippen LogP contribution is 2.20. The summed E-state index contributed by atoms with van der Waals surface area (Å²) in [6, 6.07) is 0. The van der Waals surface area contributed by atoms with Gasteiger partial charge < -0.3 is 9.84 Å². The van der Waals surface area contributed by atoms with E-state index in [2.05, 4.69) is 20.8 Å². The van der Waals surface area contributed by atoms with Gasteiger partial charge in [0, 0.05) is 7.11 Å². The number of rotatable bonds is 6. The quantitative estimate of drug-likeness (QED) is 0.668. The fourth-order valence-electron chi connectivity index (χ4n) is 1.42. The zero-order chi connectivity index (χ0) is 9.56. The van der Waals surface area contributed by atoms with E-state index in [1.165, 1.54) is 12.8 Å². The lowest BCUT2D eigenvalue weighted by Gasteiger charge is -2.24. The van der Waals surface area contributed by atoms with Crippen molar-refractivity contribution in [2.24, 2.45) is 11.8 Å². The summed E-state index contributed by atoms with van der Waals surface area (Å²) in [5.74, 6) is 0.921. The number of ether oxygens (including phenoxy) is 1. The molecule has 0 rings (SSSR count). The average molecular weight is 174 g/mol. The van der Waals surface area contributed by atoms with Crippen molar-refractivity contribution in [1.29, 1.82) is 0 Å². The smallest absolute Gasteiger partial charge is 0.0801 e. The van der Waals surface area contributed by atoms with Gasteiger partial charge in [0.25, 0.3) is 0 Å². The van der Waals surface area contributed by atoms with Crippen LogP contribution in [0.4, 0.5) is 0 Å². The molecular formula is C10H22O2. The van der Waals surface area contributed by atoms with Crippen LogP contribution in [0, 0.1) is 11.8 Å². The van der Waals surface area contributed by atoms with E-state index < -0.39 is 0 Å². The van der Waals surface area contributed by atoms with Crippen molar-refractivity contribution >= 4 is 0 Å². The molecule has 0 aromatic rings. The molecule has 1 N–H and O–H groups in total. The molecule has 0 fully saturated rings. The van der Waals surface area contributed by atoms with Crippen molar-refractivity contribution in [3.05, 3.63) is 0 Å². The summed E-state index contributed by atoms with van der Waals surface area (Å²) in [7, 11) is 1.63. The first-order valence-corrected chi connectivity index (χ1v) is 4.80. The summed E-state index contributed by atoms with van der Waals surface area (Å²) in [5.41, 5.74) is 0. The van der Waals surface area contributed by atoms with Gasteiger partial charge in [0.05, 0.1) is 12.7 Å². The molecule has 0 spiro atoms. The van der Waals surface area contributed by atoms with Crippen LogP contribution < -0.4 is 0 Å². The monoisotopic (exact) mass is 174 g/mol. The molecule has 3 atom stereocenters. The lowest BCUT2D eigenvalue weighted by Crippen LogP contribution is -2.27. The molecule has 0 saturated heterocycles. The molecule has 0 radical (unpaired) electrons. The third-order valence-corrected chi connectivity index (χ3v) is 2.59. The van der Waals surface area contributed by atoms with Gasteiger partial charge in [-0.3, -0.25) is 0 Å². The summed E-state index contributed by atoms with van der Waals surface area (Å²) in [6.45, 7) is 6.90. The Bertz CT molecular complexity index is 92.0. The van der Waals surface area contributed by atoms with Crippen molar-refractivity contribution in [2.75, 3.05) is 13.7 Å². The molecule has 0 amide bonds. The van der Waals surface area contributed by atoms with Crippen LogP contribution in [0.5, 0.6) is 0 Å². The molecule has 0 aromatic carbocycles. The van der Waals surface area contributed by atoms with E-state index in [0.717, 1.165) is 0 Å². The highest BCUT2D eigenvalue weighted by Gasteiger charge is 2.19. The zero-order valence-corrected chi connectivity index (χ0v) is 8.71. The molecule has 3 unspecified atom stereocenters. The highest BCUT2D eigenvalue weighted by atomic mass is 16.5. The second-order valence-corrected chi connectivity index (χ2v) is 3.65. The first-order valence-electron chi connectivity index (χ1n) is 4.80. The minimum atomic E-state index is -0.309. The molecule has 0 saturated carbocycles. The Hall–Kier alpha value is -0.0800. The molecule has 0 heterocycles. The molecule has 2 heteroatoms. The Labute approximate surface area is 75.9 Å². The van der Waals surface area contributed by atoms with E-state index in [4.69, 9.17) is 4.74 Å². The molecule has 74 valence electrons. The number of hydrogen-bond donors (Lipinski definition) is 1. The minimum Gasteiger partial charge on any atom is -0.390 e. The summed E-state index contributed by atoms with van der Waals surface area (Å²) < 4.78 is 4.90. The second kappa shape index (κ2) is 6.44. The zero-order valence-electron chi connectivity index (χ0n) is 8.71. The van der Waals surface area contributed by atoms with Crippen LogP contribution >= 0.6 is 0 Å². The van der Waals surface area contributed by atoms with Gasteiger partial charge in [0.1, 0.15) is 0 Å². The molecule has 2 nitrogen and oxygen atoms in total. The van der Waals surface area contributed by atoms with Gasteiger partial charge >= 0.3 is 0 Å². The molecular weight excluding hydrogens is 152 g/mol. The van der Waals surface area contributed by atoms with Crippen molar-refractivity contribution in [2.45, 2.75) is 39.7 Å². The molecule has 0 bridgehead atoms. The lowest BCUT2D eigenvalue weighted by molar-refractivity contribution is 0.0130. The van der Waals surface area contributed by atoms with Gasteiger partial charge in [0.2, 0.25) is 0 Å². The maximum atomic E-state index is 9.59. The Morgan fingerprint density at radius 2 is 1.92 bits per heavy atom. The Morgan fingerprint density at radius 3 is 2.33 bits per heavy atom. The summed E-state index contributed by atoms with van der Waals surface area (Å²) >= 11 is 0. The fraction of sp³-hybridized carbons (Fsp3) is 1.00. The molecule has 0 aliphatic heterocycles. The second-order valence-electron chi connectivity index (χ2n) is 3.65. The van der Waals surface area contributed by atoms with Gasteiger partial charge in [-0.1, -0.05) is 33.6 Å². The largest absolute Gasteiger partial charge is 0.390 e. The van der Waals surface area contributed by atoms with E-state index in [9.17, 15) is 5.11 Å². The van der Waals surface area contributed by atoms with E-state index in [0.29, 0.717) is 18.4 Å². The van der Waals surface area contributed by atoms with Crippen LogP contribution in [-0.2, 0) is 4.74 Å². The normalized spacial score (nSPS) is 18.8. The predicted molar refractivity (Wildman–Crippen MR) is 51.1 cm³/mol. The van der Waals surface area contributed by atoms with Crippen molar-refractivity contribution in [3.63, 3.8) is 0 Å². The Kier molecular flexibility index (Phi) is 6.39. The van der Waals surface area contributed by atoms with E-state index in [-0.39, 0.29) is 6.10 Å². The third-order valence-electron chi connectivity index (χ3n) is 2.59. The van der Waals surface area contributed by atoms with Crippen LogP contribution in [-0.4, -0.2) is 24.9 Å². The van der Waals surface area contributed by atoms with Gasteiger partial charge in [-0.25, -0.2) is 0 Å². The van der Waals surface area contributed by atoms with Gasteiger partial charge in [-0.05, 0) is 11.8 Å². The van der Waals surface area contributed by atoms with Crippen LogP contribution in [0.3, 0.4) is 0 Å². The highest BCUT2D eigenvalue weighted by molar-refractivity contribution is 4.69.